The van der Waals surface area contributed by atoms with Crippen LogP contribution in [0.1, 0.15) is 0 Å². The van der Waals surface area contributed by atoms with Crippen LogP contribution in [0, 0.1) is 0 Å². The fourth-order valence-corrected chi connectivity index (χ4v) is 7.87. The summed E-state index contributed by atoms with van der Waals surface area (Å²) < 4.78 is 0. The number of hydrogen-bond donors (Lipinski definition) is 0. The van der Waals surface area contributed by atoms with Crippen LogP contribution in [-0.2, 0) is 0 Å². The van der Waals surface area contributed by atoms with Gasteiger partial charge in [-0.1, -0.05) is 146 Å². The number of hydrogen-bond acceptors (Lipinski definition) is 2. The fraction of sp³-hybridized carbons (Fsp3) is 0. The highest BCUT2D eigenvalue weighted by Crippen LogP contribution is 2.58. The first-order valence-electron chi connectivity index (χ1n) is 16.4. The third-order valence-corrected chi connectivity index (χ3v) is 9.86. The molecule has 0 saturated carbocycles. The van der Waals surface area contributed by atoms with E-state index in [0.29, 0.717) is 0 Å². The molecule has 222 valence electrons. The van der Waals surface area contributed by atoms with Gasteiger partial charge in [0, 0.05) is 17.1 Å². The van der Waals surface area contributed by atoms with Crippen molar-refractivity contribution in [3.63, 3.8) is 0 Å². The molecule has 10 rings (SSSR count). The second kappa shape index (κ2) is 10.6. The van der Waals surface area contributed by atoms with Gasteiger partial charge in [-0.15, -0.1) is 0 Å². The zero-order valence-corrected chi connectivity index (χ0v) is 26.1. The van der Waals surface area contributed by atoms with Crippen molar-refractivity contribution in [1.82, 2.24) is 9.97 Å². The van der Waals surface area contributed by atoms with Crippen molar-refractivity contribution in [3.8, 4) is 67.2 Å². The highest BCUT2D eigenvalue weighted by atomic mass is 14.8. The van der Waals surface area contributed by atoms with Gasteiger partial charge in [0.15, 0.2) is 0 Å². The van der Waals surface area contributed by atoms with Crippen LogP contribution in [0.15, 0.2) is 170 Å². The fourth-order valence-electron chi connectivity index (χ4n) is 7.87. The van der Waals surface area contributed by atoms with Gasteiger partial charge >= 0.3 is 0 Å². The normalized spacial score (nSPS) is 11.8. The number of rotatable bonds is 4. The maximum atomic E-state index is 5.25. The van der Waals surface area contributed by atoms with E-state index in [1.54, 1.807) is 0 Å². The van der Waals surface area contributed by atoms with E-state index in [9.17, 15) is 0 Å². The monoisotopic (exact) mass is 608 g/mol. The number of aromatic nitrogens is 2. The topological polar surface area (TPSA) is 25.8 Å². The molecule has 2 nitrogen and oxygen atoms in total. The first-order chi connectivity index (χ1) is 23.8. The summed E-state index contributed by atoms with van der Waals surface area (Å²) in [5, 5.41) is 7.29. The quantitative estimate of drug-likeness (QED) is 0.199. The molecule has 0 atom stereocenters. The van der Waals surface area contributed by atoms with E-state index in [2.05, 4.69) is 164 Å². The Balaban J connectivity index is 1.27. The smallest absolute Gasteiger partial charge is 0.0964 e. The molecule has 48 heavy (non-hydrogen) atoms. The van der Waals surface area contributed by atoms with Crippen LogP contribution in [0.4, 0.5) is 0 Å². The minimum atomic E-state index is 0.875. The molecule has 1 aliphatic rings. The van der Waals surface area contributed by atoms with Crippen molar-refractivity contribution in [2.24, 2.45) is 0 Å². The molecule has 0 radical (unpaired) electrons. The average molecular weight is 609 g/mol. The summed E-state index contributed by atoms with van der Waals surface area (Å²) in [6.45, 7) is 0. The van der Waals surface area contributed by atoms with Gasteiger partial charge in [-0.05, 0) is 89.6 Å². The lowest BCUT2D eigenvalue weighted by molar-refractivity contribution is 1.27. The summed E-state index contributed by atoms with van der Waals surface area (Å²) in [5.74, 6) is 0. The van der Waals surface area contributed by atoms with E-state index in [4.69, 9.17) is 9.97 Å². The Bertz CT molecular complexity index is 2610. The molecule has 0 amide bonds. The molecule has 0 bridgehead atoms. The Labute approximate surface area is 278 Å². The summed E-state index contributed by atoms with van der Waals surface area (Å²) in [4.78, 5) is 10.0. The maximum absolute atomic E-state index is 5.25. The predicted molar refractivity (Wildman–Crippen MR) is 201 cm³/mol. The lowest BCUT2D eigenvalue weighted by Gasteiger charge is -2.20. The van der Waals surface area contributed by atoms with Crippen LogP contribution in [0.25, 0.3) is 99.5 Å². The van der Waals surface area contributed by atoms with E-state index >= 15 is 0 Å². The summed E-state index contributed by atoms with van der Waals surface area (Å²) in [6.07, 6.45) is 1.88. The van der Waals surface area contributed by atoms with Gasteiger partial charge in [-0.3, -0.25) is 4.98 Å². The lowest BCUT2D eigenvalue weighted by Crippen LogP contribution is -1.93. The van der Waals surface area contributed by atoms with E-state index in [1.807, 2.05) is 6.20 Å². The van der Waals surface area contributed by atoms with Gasteiger partial charge < -0.3 is 0 Å². The molecular formula is C46H28N2. The number of fused-ring (bicyclic) bond motifs is 5. The third-order valence-electron chi connectivity index (χ3n) is 9.86. The van der Waals surface area contributed by atoms with Crippen LogP contribution < -0.4 is 0 Å². The van der Waals surface area contributed by atoms with E-state index in [1.165, 1.54) is 66.1 Å². The van der Waals surface area contributed by atoms with E-state index < -0.39 is 0 Å². The Morgan fingerprint density at radius 1 is 0.333 bits per heavy atom. The van der Waals surface area contributed by atoms with Gasteiger partial charge in [0.05, 0.1) is 17.1 Å². The molecule has 0 saturated heterocycles. The van der Waals surface area contributed by atoms with Crippen LogP contribution >= 0.6 is 0 Å². The van der Waals surface area contributed by atoms with Crippen LogP contribution in [0.3, 0.4) is 0 Å². The van der Waals surface area contributed by atoms with Crippen molar-refractivity contribution in [1.29, 1.82) is 0 Å². The highest BCUT2D eigenvalue weighted by molar-refractivity contribution is 6.28. The summed E-state index contributed by atoms with van der Waals surface area (Å²) >= 11 is 0. The summed E-state index contributed by atoms with van der Waals surface area (Å²) in [6, 6.07) is 58.8. The molecule has 7 aromatic carbocycles. The molecule has 0 unspecified atom stereocenters. The first kappa shape index (κ1) is 26.8. The van der Waals surface area contributed by atoms with Gasteiger partial charge in [0.2, 0.25) is 0 Å². The standard InChI is InChI=1S/C46H28N2/c1-3-14-30(15-4-1)41-35-19-9-10-20-36(35)42(31-16-5-2-6-17-31)45-38-26-25-33(34-21-11-22-37(43(34)38)44(41)45)39-23-12-24-40(48-39)46-32-18-8-7-13-29(32)27-28-47-46/h1-28H. The molecule has 2 heteroatoms. The number of pyridine rings is 2. The highest BCUT2D eigenvalue weighted by Gasteiger charge is 2.31. The van der Waals surface area contributed by atoms with Crippen molar-refractivity contribution in [2.45, 2.75) is 0 Å². The van der Waals surface area contributed by atoms with Gasteiger partial charge in [0.25, 0.3) is 0 Å². The Hall–Kier alpha value is -6.38. The molecule has 0 spiro atoms. The van der Waals surface area contributed by atoms with Crippen molar-refractivity contribution in [2.75, 3.05) is 0 Å². The minimum absolute atomic E-state index is 0.875. The second-order valence-electron chi connectivity index (χ2n) is 12.5. The number of nitrogens with zero attached hydrogens (tertiary/aromatic N) is 2. The summed E-state index contributed by atoms with van der Waals surface area (Å²) in [5.41, 5.74) is 14.0. The SMILES string of the molecule is c1ccc(-c2c3c(c(-c4ccccc4)c4ccccc24)-c2ccc(-c4cccc(-c5nccc6ccccc56)n4)c4cccc-3c24)cc1. The van der Waals surface area contributed by atoms with Gasteiger partial charge in [-0.2, -0.15) is 0 Å². The molecule has 0 aliphatic heterocycles. The third kappa shape index (κ3) is 3.93. The molecule has 9 aromatic rings. The largest absolute Gasteiger partial charge is 0.254 e. The van der Waals surface area contributed by atoms with E-state index in [0.717, 1.165) is 33.4 Å². The van der Waals surface area contributed by atoms with Crippen molar-refractivity contribution in [3.05, 3.63) is 170 Å². The second-order valence-corrected chi connectivity index (χ2v) is 12.5. The Kier molecular flexibility index (Phi) is 5.91. The molecule has 2 aromatic heterocycles. The van der Waals surface area contributed by atoms with Crippen molar-refractivity contribution >= 4 is 32.3 Å². The van der Waals surface area contributed by atoms with Crippen molar-refractivity contribution < 1.29 is 0 Å². The zero-order chi connectivity index (χ0) is 31.6. The molecule has 1 aliphatic carbocycles. The minimum Gasteiger partial charge on any atom is -0.254 e. The average Bonchev–Trinajstić information content (AvgIpc) is 3.49. The van der Waals surface area contributed by atoms with Crippen LogP contribution in [-0.4, -0.2) is 9.97 Å². The molecule has 0 N–H and O–H groups in total. The van der Waals surface area contributed by atoms with E-state index in [-0.39, 0.29) is 0 Å². The van der Waals surface area contributed by atoms with Gasteiger partial charge in [-0.25, -0.2) is 4.98 Å². The van der Waals surface area contributed by atoms with Crippen LogP contribution in [0.2, 0.25) is 0 Å². The molecular weight excluding hydrogens is 581 g/mol. The van der Waals surface area contributed by atoms with Crippen LogP contribution in [0.5, 0.6) is 0 Å². The Morgan fingerprint density at radius 3 is 1.58 bits per heavy atom. The van der Waals surface area contributed by atoms with Gasteiger partial charge in [0.1, 0.15) is 0 Å². The zero-order valence-electron chi connectivity index (χ0n) is 26.1. The molecule has 2 heterocycles. The first-order valence-corrected chi connectivity index (χ1v) is 16.4. The number of benzene rings is 7. The lowest BCUT2D eigenvalue weighted by atomic mass is 9.82. The predicted octanol–water partition coefficient (Wildman–Crippen LogP) is 12.3. The summed E-state index contributed by atoms with van der Waals surface area (Å²) in [7, 11) is 0. The molecule has 0 fully saturated rings. The Morgan fingerprint density at radius 2 is 0.875 bits per heavy atom. The maximum Gasteiger partial charge on any atom is 0.0964 e.